The molecule has 41 heavy (non-hydrogen) atoms. The molecule has 210 valence electrons. The first-order valence-electron chi connectivity index (χ1n) is 13.5. The normalized spacial score (nSPS) is 17.2. The molecular formula is C29H29N7O3S2. The Balaban J connectivity index is 1.22. The van der Waals surface area contributed by atoms with E-state index in [1.54, 1.807) is 4.90 Å². The molecule has 10 nitrogen and oxygen atoms in total. The minimum absolute atomic E-state index is 0.0899. The Morgan fingerprint density at radius 1 is 1.12 bits per heavy atom. The maximum atomic E-state index is 13.2. The second-order valence-corrected chi connectivity index (χ2v) is 11.4. The van der Waals surface area contributed by atoms with Crippen LogP contribution in [0.2, 0.25) is 0 Å². The minimum Gasteiger partial charge on any atom is -0.492 e. The lowest BCUT2D eigenvalue weighted by atomic mass is 10.0. The van der Waals surface area contributed by atoms with E-state index in [9.17, 15) is 4.79 Å². The summed E-state index contributed by atoms with van der Waals surface area (Å²) in [6.07, 6.45) is 5.07. The van der Waals surface area contributed by atoms with Crippen LogP contribution in [-0.4, -0.2) is 91.6 Å². The Hall–Kier alpha value is -3.71. The molecule has 2 fully saturated rings. The van der Waals surface area contributed by atoms with E-state index in [-0.39, 0.29) is 5.91 Å². The van der Waals surface area contributed by atoms with Crippen LogP contribution in [0, 0.1) is 0 Å². The molecule has 0 spiro atoms. The molecular weight excluding hydrogens is 558 g/mol. The number of aromatic amines is 1. The number of aromatic nitrogens is 5. The third-order valence-electron chi connectivity index (χ3n) is 7.02. The van der Waals surface area contributed by atoms with Gasteiger partial charge in [0.25, 0.3) is 5.91 Å². The highest BCUT2D eigenvalue weighted by Gasteiger charge is 2.31. The predicted molar refractivity (Wildman–Crippen MR) is 162 cm³/mol. The van der Waals surface area contributed by atoms with E-state index in [2.05, 4.69) is 48.7 Å². The molecule has 1 N–H and O–H groups in total. The SMILES string of the molecule is O=C1/C(=C/c2ccc(OCCN3CCOCC3)c(-c3cnc4ccccc4c3)c2)SC(=S)N1CCCc1nn[nH]n1. The van der Waals surface area contributed by atoms with Crippen molar-refractivity contribution in [2.75, 3.05) is 46.0 Å². The topological polar surface area (TPSA) is 109 Å². The van der Waals surface area contributed by atoms with Crippen molar-refractivity contribution >= 4 is 51.2 Å². The number of para-hydroxylation sites is 1. The first-order chi connectivity index (χ1) is 20.1. The van der Waals surface area contributed by atoms with Crippen LogP contribution in [0.25, 0.3) is 28.1 Å². The summed E-state index contributed by atoms with van der Waals surface area (Å²) >= 11 is 6.85. The Morgan fingerprint density at radius 2 is 2.00 bits per heavy atom. The van der Waals surface area contributed by atoms with Gasteiger partial charge in [-0.15, -0.1) is 10.2 Å². The summed E-state index contributed by atoms with van der Waals surface area (Å²) in [5.74, 6) is 1.31. The van der Waals surface area contributed by atoms with Crippen LogP contribution in [0.1, 0.15) is 17.8 Å². The first-order valence-corrected chi connectivity index (χ1v) is 14.8. The summed E-state index contributed by atoms with van der Waals surface area (Å²) < 4.78 is 12.3. The van der Waals surface area contributed by atoms with E-state index in [1.807, 2.05) is 42.6 Å². The number of amides is 1. The molecule has 1 amide bonds. The average Bonchev–Trinajstić information content (AvgIpc) is 3.62. The lowest BCUT2D eigenvalue weighted by Crippen LogP contribution is -2.38. The number of carbonyl (C=O) groups excluding carboxylic acids is 1. The Labute approximate surface area is 247 Å². The monoisotopic (exact) mass is 587 g/mol. The Morgan fingerprint density at radius 3 is 2.85 bits per heavy atom. The highest BCUT2D eigenvalue weighted by atomic mass is 32.2. The van der Waals surface area contributed by atoms with Crippen molar-refractivity contribution in [1.29, 1.82) is 0 Å². The molecule has 0 bridgehead atoms. The summed E-state index contributed by atoms with van der Waals surface area (Å²) in [5, 5.41) is 15.0. The molecule has 0 saturated carbocycles. The van der Waals surface area contributed by atoms with Gasteiger partial charge in [-0.1, -0.05) is 53.5 Å². The molecule has 2 aromatic carbocycles. The van der Waals surface area contributed by atoms with Crippen LogP contribution in [0.3, 0.4) is 0 Å². The summed E-state index contributed by atoms with van der Waals surface area (Å²) in [7, 11) is 0. The Bertz CT molecular complexity index is 1570. The smallest absolute Gasteiger partial charge is 0.266 e. The van der Waals surface area contributed by atoms with E-state index < -0.39 is 0 Å². The highest BCUT2D eigenvalue weighted by molar-refractivity contribution is 8.26. The van der Waals surface area contributed by atoms with Crippen LogP contribution in [0.15, 0.2) is 59.6 Å². The maximum absolute atomic E-state index is 13.2. The van der Waals surface area contributed by atoms with Crippen molar-refractivity contribution in [2.45, 2.75) is 12.8 Å². The molecule has 4 aromatic rings. The van der Waals surface area contributed by atoms with Gasteiger partial charge in [-0.05, 0) is 42.3 Å². The number of ether oxygens (including phenoxy) is 2. The number of fused-ring (bicyclic) bond motifs is 1. The second kappa shape index (κ2) is 12.9. The highest BCUT2D eigenvalue weighted by Crippen LogP contribution is 2.36. The van der Waals surface area contributed by atoms with E-state index in [4.69, 9.17) is 21.7 Å². The van der Waals surface area contributed by atoms with E-state index >= 15 is 0 Å². The van der Waals surface area contributed by atoms with Gasteiger partial charge in [0.1, 0.15) is 16.7 Å². The molecule has 0 aliphatic carbocycles. The van der Waals surface area contributed by atoms with Crippen molar-refractivity contribution in [3.05, 3.63) is 71.0 Å². The van der Waals surface area contributed by atoms with Gasteiger partial charge >= 0.3 is 0 Å². The number of benzene rings is 2. The number of hydrogen-bond donors (Lipinski definition) is 1. The summed E-state index contributed by atoms with van der Waals surface area (Å²) in [6, 6.07) is 16.2. The molecule has 4 heterocycles. The Kier molecular flexibility index (Phi) is 8.61. The van der Waals surface area contributed by atoms with Gasteiger partial charge in [-0.3, -0.25) is 19.6 Å². The van der Waals surface area contributed by atoms with E-state index in [1.165, 1.54) is 11.8 Å². The molecule has 0 radical (unpaired) electrons. The molecule has 2 aliphatic heterocycles. The number of rotatable bonds is 10. The summed E-state index contributed by atoms with van der Waals surface area (Å²) in [6.45, 7) is 5.24. The number of thiocarbonyl (C=S) groups is 1. The van der Waals surface area contributed by atoms with Gasteiger partial charge < -0.3 is 9.47 Å². The van der Waals surface area contributed by atoms with Gasteiger partial charge in [0.05, 0.1) is 23.6 Å². The molecule has 2 saturated heterocycles. The number of thioether (sulfide) groups is 1. The second-order valence-electron chi connectivity index (χ2n) is 9.74. The number of tetrazole rings is 1. The molecule has 2 aromatic heterocycles. The predicted octanol–water partition coefficient (Wildman–Crippen LogP) is 3.96. The van der Waals surface area contributed by atoms with Crippen molar-refractivity contribution in [3.8, 4) is 16.9 Å². The maximum Gasteiger partial charge on any atom is 0.266 e. The summed E-state index contributed by atoms with van der Waals surface area (Å²) in [5.41, 5.74) is 3.70. The van der Waals surface area contributed by atoms with Crippen molar-refractivity contribution in [1.82, 2.24) is 35.4 Å². The average molecular weight is 588 g/mol. The van der Waals surface area contributed by atoms with Crippen molar-refractivity contribution in [2.24, 2.45) is 0 Å². The van der Waals surface area contributed by atoms with Gasteiger partial charge in [0, 0.05) is 55.3 Å². The molecule has 2 aliphatic rings. The van der Waals surface area contributed by atoms with E-state index in [0.717, 1.165) is 66.2 Å². The number of carbonyl (C=O) groups is 1. The zero-order valence-corrected chi connectivity index (χ0v) is 24.0. The minimum atomic E-state index is -0.0899. The van der Waals surface area contributed by atoms with Crippen LogP contribution in [-0.2, 0) is 16.0 Å². The number of H-pyrrole nitrogens is 1. The van der Waals surface area contributed by atoms with Crippen molar-refractivity contribution < 1.29 is 14.3 Å². The first kappa shape index (κ1) is 27.5. The number of nitrogens with zero attached hydrogens (tertiary/aromatic N) is 6. The van der Waals surface area contributed by atoms with Crippen LogP contribution < -0.4 is 4.74 Å². The fourth-order valence-corrected chi connectivity index (χ4v) is 6.15. The van der Waals surface area contributed by atoms with Gasteiger partial charge in [-0.25, -0.2) is 0 Å². The van der Waals surface area contributed by atoms with Gasteiger partial charge in [0.15, 0.2) is 5.82 Å². The van der Waals surface area contributed by atoms with Crippen LogP contribution in [0.5, 0.6) is 5.75 Å². The van der Waals surface area contributed by atoms with Crippen LogP contribution in [0.4, 0.5) is 0 Å². The number of aryl methyl sites for hydroxylation is 1. The molecule has 0 atom stereocenters. The zero-order chi connectivity index (χ0) is 28.0. The number of hydrogen-bond acceptors (Lipinski definition) is 10. The largest absolute Gasteiger partial charge is 0.492 e. The molecule has 12 heteroatoms. The zero-order valence-electron chi connectivity index (χ0n) is 22.4. The summed E-state index contributed by atoms with van der Waals surface area (Å²) in [4.78, 5) is 22.5. The third kappa shape index (κ3) is 6.62. The third-order valence-corrected chi connectivity index (χ3v) is 8.39. The lowest BCUT2D eigenvalue weighted by molar-refractivity contribution is -0.122. The lowest BCUT2D eigenvalue weighted by Gasteiger charge is -2.26. The van der Waals surface area contributed by atoms with E-state index in [0.29, 0.717) is 41.0 Å². The standard InChI is InChI=1S/C29H29N7O3S2/c37-28-26(41-29(40)36(28)9-3-6-27-31-33-34-32-27)17-20-7-8-25(39-15-12-35-10-13-38-14-11-35)23(16-20)22-18-21-4-1-2-5-24(21)30-19-22/h1-2,4-5,7-8,16-19H,3,6,9-15H2,(H,31,32,33,34)/b26-17-. The fourth-order valence-electron chi connectivity index (χ4n) is 4.84. The van der Waals surface area contributed by atoms with Crippen LogP contribution >= 0.6 is 24.0 Å². The quantitative estimate of drug-likeness (QED) is 0.216. The van der Waals surface area contributed by atoms with Crippen molar-refractivity contribution in [3.63, 3.8) is 0 Å². The number of pyridine rings is 1. The molecule has 0 unspecified atom stereocenters. The number of morpholine rings is 1. The number of nitrogens with one attached hydrogen (secondary N) is 1. The van der Waals surface area contributed by atoms with Gasteiger partial charge in [-0.2, -0.15) is 5.21 Å². The molecule has 6 rings (SSSR count). The van der Waals surface area contributed by atoms with Gasteiger partial charge in [0.2, 0.25) is 0 Å². The fraction of sp³-hybridized carbons (Fsp3) is 0.310.